The number of nitrogens with zero attached hydrogens (tertiary/aromatic N) is 5. The van der Waals surface area contributed by atoms with E-state index in [1.54, 1.807) is 10.9 Å². The van der Waals surface area contributed by atoms with Crippen molar-refractivity contribution in [2.24, 2.45) is 0 Å². The minimum Gasteiger partial charge on any atom is -0.368 e. The molecule has 0 aliphatic carbocycles. The van der Waals surface area contributed by atoms with Crippen molar-refractivity contribution in [3.05, 3.63) is 42.1 Å². The van der Waals surface area contributed by atoms with Crippen molar-refractivity contribution in [1.82, 2.24) is 25.0 Å². The molecule has 0 atom stereocenters. The zero-order valence-corrected chi connectivity index (χ0v) is 8.98. The van der Waals surface area contributed by atoms with E-state index in [2.05, 4.69) is 20.3 Å². The fourth-order valence-corrected chi connectivity index (χ4v) is 1.65. The van der Waals surface area contributed by atoms with Crippen LogP contribution in [0, 0.1) is 0 Å². The van der Waals surface area contributed by atoms with Crippen LogP contribution in [-0.4, -0.2) is 25.0 Å². The third-order valence-corrected chi connectivity index (χ3v) is 2.45. The van der Waals surface area contributed by atoms with Gasteiger partial charge in [-0.1, -0.05) is 35.5 Å². The van der Waals surface area contributed by atoms with Gasteiger partial charge < -0.3 is 5.73 Å². The number of aromatic nitrogens is 5. The predicted octanol–water partition coefficient (Wildman–Crippen LogP) is 0.852. The molecule has 0 amide bonds. The molecule has 0 saturated carbocycles. The second kappa shape index (κ2) is 3.82. The summed E-state index contributed by atoms with van der Waals surface area (Å²) in [5, 5.41) is 8.03. The standard InChI is InChI=1S/C11H10N6/c12-11-13-6-9-10(14-11)17(16-15-9)7-8-4-2-1-3-5-8/h1-6H,7H2,(H2,12,13,14). The molecule has 2 aromatic heterocycles. The van der Waals surface area contributed by atoms with Gasteiger partial charge in [-0.2, -0.15) is 4.98 Å². The predicted molar refractivity (Wildman–Crippen MR) is 63.1 cm³/mol. The van der Waals surface area contributed by atoms with Crippen LogP contribution in [0.2, 0.25) is 0 Å². The molecule has 2 heterocycles. The fourth-order valence-electron chi connectivity index (χ4n) is 1.65. The first-order valence-corrected chi connectivity index (χ1v) is 5.18. The highest BCUT2D eigenvalue weighted by Gasteiger charge is 2.07. The molecule has 3 rings (SSSR count). The highest BCUT2D eigenvalue weighted by atomic mass is 15.4. The second-order valence-corrected chi connectivity index (χ2v) is 3.67. The highest BCUT2D eigenvalue weighted by molar-refractivity contribution is 5.69. The van der Waals surface area contributed by atoms with Crippen molar-refractivity contribution in [3.63, 3.8) is 0 Å². The molecule has 0 bridgehead atoms. The van der Waals surface area contributed by atoms with Gasteiger partial charge in [0.25, 0.3) is 0 Å². The van der Waals surface area contributed by atoms with E-state index in [4.69, 9.17) is 5.73 Å². The average molecular weight is 226 g/mol. The van der Waals surface area contributed by atoms with Gasteiger partial charge in [0.15, 0.2) is 11.2 Å². The number of hydrogen-bond acceptors (Lipinski definition) is 5. The molecule has 6 nitrogen and oxygen atoms in total. The summed E-state index contributed by atoms with van der Waals surface area (Å²) < 4.78 is 1.71. The Morgan fingerprint density at radius 2 is 2.00 bits per heavy atom. The van der Waals surface area contributed by atoms with Crippen molar-refractivity contribution in [2.75, 3.05) is 5.73 Å². The topological polar surface area (TPSA) is 82.5 Å². The Labute approximate surface area is 97.1 Å². The molecular formula is C11H10N6. The summed E-state index contributed by atoms with van der Waals surface area (Å²) in [6.07, 6.45) is 1.58. The van der Waals surface area contributed by atoms with Crippen LogP contribution in [0.3, 0.4) is 0 Å². The summed E-state index contributed by atoms with van der Waals surface area (Å²) in [5.41, 5.74) is 7.99. The lowest BCUT2D eigenvalue weighted by molar-refractivity contribution is 0.664. The van der Waals surface area contributed by atoms with Crippen LogP contribution in [0.4, 0.5) is 5.95 Å². The molecule has 0 saturated heterocycles. The van der Waals surface area contributed by atoms with Crippen molar-refractivity contribution < 1.29 is 0 Å². The number of rotatable bonds is 2. The highest BCUT2D eigenvalue weighted by Crippen LogP contribution is 2.10. The molecule has 0 aliphatic rings. The van der Waals surface area contributed by atoms with Crippen molar-refractivity contribution in [2.45, 2.75) is 6.54 Å². The third kappa shape index (κ3) is 1.80. The van der Waals surface area contributed by atoms with E-state index in [9.17, 15) is 0 Å². The van der Waals surface area contributed by atoms with E-state index >= 15 is 0 Å². The normalized spacial score (nSPS) is 10.8. The maximum atomic E-state index is 5.55. The van der Waals surface area contributed by atoms with E-state index in [1.165, 1.54) is 0 Å². The molecular weight excluding hydrogens is 216 g/mol. The zero-order valence-electron chi connectivity index (χ0n) is 8.98. The third-order valence-electron chi connectivity index (χ3n) is 2.45. The van der Waals surface area contributed by atoms with Gasteiger partial charge in [0.1, 0.15) is 0 Å². The van der Waals surface area contributed by atoms with E-state index in [-0.39, 0.29) is 5.95 Å². The fraction of sp³-hybridized carbons (Fsp3) is 0.0909. The molecule has 0 spiro atoms. The summed E-state index contributed by atoms with van der Waals surface area (Å²) in [5.74, 6) is 0.231. The largest absolute Gasteiger partial charge is 0.368 e. The molecule has 3 aromatic rings. The Bertz CT molecular complexity index is 645. The van der Waals surface area contributed by atoms with Gasteiger partial charge in [-0.05, 0) is 5.56 Å². The average Bonchev–Trinajstić information content (AvgIpc) is 2.73. The van der Waals surface area contributed by atoms with Crippen molar-refractivity contribution in [1.29, 1.82) is 0 Å². The Balaban J connectivity index is 2.03. The van der Waals surface area contributed by atoms with Crippen molar-refractivity contribution >= 4 is 17.1 Å². The molecule has 2 N–H and O–H groups in total. The molecule has 6 heteroatoms. The molecule has 1 aromatic carbocycles. The van der Waals surface area contributed by atoms with Crippen molar-refractivity contribution in [3.8, 4) is 0 Å². The minimum absolute atomic E-state index is 0.231. The maximum absolute atomic E-state index is 5.55. The first-order valence-electron chi connectivity index (χ1n) is 5.18. The van der Waals surface area contributed by atoms with Gasteiger partial charge in [0, 0.05) is 0 Å². The van der Waals surface area contributed by atoms with Crippen LogP contribution < -0.4 is 5.73 Å². The van der Waals surface area contributed by atoms with E-state index in [0.29, 0.717) is 17.7 Å². The van der Waals surface area contributed by atoms with Crippen LogP contribution >= 0.6 is 0 Å². The first-order chi connectivity index (χ1) is 8.33. The van der Waals surface area contributed by atoms with Crippen LogP contribution in [0.1, 0.15) is 5.56 Å². The molecule has 0 aliphatic heterocycles. The minimum atomic E-state index is 0.231. The number of hydrogen-bond donors (Lipinski definition) is 1. The summed E-state index contributed by atoms with van der Waals surface area (Å²) >= 11 is 0. The zero-order chi connectivity index (χ0) is 11.7. The lowest BCUT2D eigenvalue weighted by Gasteiger charge is -2.01. The Morgan fingerprint density at radius 3 is 2.82 bits per heavy atom. The van der Waals surface area contributed by atoms with Crippen LogP contribution in [-0.2, 0) is 6.54 Å². The summed E-state index contributed by atoms with van der Waals surface area (Å²) in [4.78, 5) is 8.01. The van der Waals surface area contributed by atoms with Crippen LogP contribution in [0.5, 0.6) is 0 Å². The molecule has 84 valence electrons. The Kier molecular flexibility index (Phi) is 2.18. The lowest BCUT2D eigenvalue weighted by atomic mass is 10.2. The molecule has 17 heavy (non-hydrogen) atoms. The van der Waals surface area contributed by atoms with Crippen LogP contribution in [0.25, 0.3) is 11.2 Å². The van der Waals surface area contributed by atoms with Gasteiger partial charge in [0.05, 0.1) is 12.7 Å². The molecule has 0 unspecified atom stereocenters. The van der Waals surface area contributed by atoms with E-state index in [1.807, 2.05) is 30.3 Å². The Morgan fingerprint density at radius 1 is 1.18 bits per heavy atom. The number of nitrogen functional groups attached to an aromatic ring is 1. The SMILES string of the molecule is Nc1ncc2nnn(Cc3ccccc3)c2n1. The summed E-state index contributed by atoms with van der Waals surface area (Å²) in [6.45, 7) is 0.619. The number of nitrogens with two attached hydrogens (primary N) is 1. The monoisotopic (exact) mass is 226 g/mol. The quantitative estimate of drug-likeness (QED) is 0.700. The number of fused-ring (bicyclic) bond motifs is 1. The lowest BCUT2D eigenvalue weighted by Crippen LogP contribution is -2.04. The summed E-state index contributed by atoms with van der Waals surface area (Å²) in [7, 11) is 0. The molecule has 0 radical (unpaired) electrons. The van der Waals surface area contributed by atoms with Gasteiger partial charge >= 0.3 is 0 Å². The van der Waals surface area contributed by atoms with Gasteiger partial charge in [-0.15, -0.1) is 5.10 Å². The molecule has 0 fully saturated rings. The number of anilines is 1. The first kappa shape index (κ1) is 9.71. The van der Waals surface area contributed by atoms with Gasteiger partial charge in [-0.3, -0.25) is 0 Å². The van der Waals surface area contributed by atoms with Crippen LogP contribution in [0.15, 0.2) is 36.5 Å². The van der Waals surface area contributed by atoms with Gasteiger partial charge in [-0.25, -0.2) is 9.67 Å². The van der Waals surface area contributed by atoms with Gasteiger partial charge in [0.2, 0.25) is 5.95 Å². The second-order valence-electron chi connectivity index (χ2n) is 3.67. The maximum Gasteiger partial charge on any atom is 0.222 e. The Hall–Kier alpha value is -2.50. The summed E-state index contributed by atoms with van der Waals surface area (Å²) in [6, 6.07) is 9.99. The van der Waals surface area contributed by atoms with E-state index < -0.39 is 0 Å². The number of benzene rings is 1. The van der Waals surface area contributed by atoms with E-state index in [0.717, 1.165) is 5.56 Å². The smallest absolute Gasteiger partial charge is 0.222 e.